The number of nitrogen functional groups attached to an aromatic ring is 1. The van der Waals surface area contributed by atoms with Crippen molar-refractivity contribution in [1.29, 1.82) is 0 Å². The highest BCUT2D eigenvalue weighted by Gasteiger charge is 2.43. The van der Waals surface area contributed by atoms with Crippen LogP contribution in [0.1, 0.15) is 42.4 Å². The van der Waals surface area contributed by atoms with Crippen LogP contribution in [0.2, 0.25) is 0 Å². The van der Waals surface area contributed by atoms with Crippen molar-refractivity contribution in [2.75, 3.05) is 18.9 Å². The molecule has 0 saturated carbocycles. The van der Waals surface area contributed by atoms with Gasteiger partial charge in [0.1, 0.15) is 42.8 Å². The summed E-state index contributed by atoms with van der Waals surface area (Å²) in [5, 5.41) is 11.3. The van der Waals surface area contributed by atoms with E-state index in [9.17, 15) is 36.0 Å². The van der Waals surface area contributed by atoms with Gasteiger partial charge in [0.25, 0.3) is 0 Å². The van der Waals surface area contributed by atoms with Crippen molar-refractivity contribution in [2.45, 2.75) is 50.2 Å². The molecule has 0 amide bonds. The van der Waals surface area contributed by atoms with E-state index in [0.29, 0.717) is 23.2 Å². The molecule has 0 aliphatic carbocycles. The lowest BCUT2D eigenvalue weighted by Crippen LogP contribution is -2.29. The fraction of sp³-hybridized carbons (Fsp3) is 0.478. The third-order valence-corrected chi connectivity index (χ3v) is 6.71. The quantitative estimate of drug-likeness (QED) is 0.106. The van der Waals surface area contributed by atoms with E-state index in [0.717, 1.165) is 0 Å². The molecule has 10 nitrogen and oxygen atoms in total. The third kappa shape index (κ3) is 6.53. The van der Waals surface area contributed by atoms with Gasteiger partial charge in [0.15, 0.2) is 0 Å². The predicted octanol–water partition coefficient (Wildman–Crippen LogP) is 5.25. The summed E-state index contributed by atoms with van der Waals surface area (Å²) in [7, 11) is -0.744. The number of ether oxygens (including phenoxy) is 1. The maximum atomic E-state index is 13.3. The molecule has 1 fully saturated rings. The fourth-order valence-corrected chi connectivity index (χ4v) is 4.54. The summed E-state index contributed by atoms with van der Waals surface area (Å²) in [5.74, 6) is -0.239. The minimum Gasteiger partial charge on any atom is -0.390 e. The molecule has 1 saturated heterocycles. The highest BCUT2D eigenvalue weighted by Crippen LogP contribution is 2.40. The van der Waals surface area contributed by atoms with E-state index in [2.05, 4.69) is 14.5 Å². The van der Waals surface area contributed by atoms with Gasteiger partial charge in [0, 0.05) is 18.5 Å². The number of aliphatic hydroxyl groups excluding tert-OH is 1. The van der Waals surface area contributed by atoms with E-state index in [1.807, 2.05) is 0 Å². The lowest BCUT2D eigenvalue weighted by Gasteiger charge is -2.21. The Bertz CT molecular complexity index is 1310. The monoisotopic (exact) mass is 596 g/mol. The number of aliphatic hydroxyl groups is 1. The molecule has 4 rings (SSSR count). The zero-order valence-corrected chi connectivity index (χ0v) is 21.5. The van der Waals surface area contributed by atoms with Crippen LogP contribution in [0, 0.1) is 5.92 Å². The van der Waals surface area contributed by atoms with Crippen molar-refractivity contribution in [3.8, 4) is 0 Å². The van der Waals surface area contributed by atoms with Gasteiger partial charge >= 0.3 is 21.0 Å². The molecule has 2 aromatic heterocycles. The Morgan fingerprint density at radius 1 is 1.15 bits per heavy atom. The van der Waals surface area contributed by atoms with Crippen molar-refractivity contribution in [2.24, 2.45) is 5.92 Å². The normalized spacial score (nSPS) is 22.8. The van der Waals surface area contributed by atoms with Crippen LogP contribution in [0.3, 0.4) is 0 Å². The summed E-state index contributed by atoms with van der Waals surface area (Å²) < 4.78 is 103. The summed E-state index contributed by atoms with van der Waals surface area (Å²) in [6.07, 6.45) is -11.8. The second kappa shape index (κ2) is 11.9. The van der Waals surface area contributed by atoms with Crippen molar-refractivity contribution in [3.63, 3.8) is 0 Å². The Kier molecular flexibility index (Phi) is 8.97. The van der Waals surface area contributed by atoms with Gasteiger partial charge in [0.05, 0.1) is 29.2 Å². The van der Waals surface area contributed by atoms with E-state index in [4.69, 9.17) is 20.2 Å². The largest absolute Gasteiger partial charge is 0.416 e. The number of anilines is 1. The van der Waals surface area contributed by atoms with Gasteiger partial charge in [-0.1, -0.05) is 6.92 Å². The second-order valence-corrected chi connectivity index (χ2v) is 9.45. The van der Waals surface area contributed by atoms with Gasteiger partial charge < -0.3 is 20.1 Å². The van der Waals surface area contributed by atoms with Gasteiger partial charge in [-0.15, -0.1) is 0 Å². The smallest absolute Gasteiger partial charge is 0.390 e. The number of halogens is 6. The molecule has 5 atom stereocenters. The second-order valence-electron chi connectivity index (χ2n) is 9.04. The standard InChI is InChI=1S/C23H23F6N4O6P/c1-11-18(34)17(38-21(11)33-4-2-15-19(30)31-10-32-20(15)33)9-36-39-16(3-5-37-40-35)12-6-13(22(24,25)26)8-14(7-12)23(27,28)29/h2,4,6-8,10-11,16-18,21,34H,3,5,9H2,1H3,(H2,30,31,32)/t11-,16-,17+,18-,21+/m0/s1. The number of alkyl halides is 6. The molecule has 1 aliphatic rings. The molecule has 1 aromatic carbocycles. The lowest BCUT2D eigenvalue weighted by molar-refractivity contribution is -0.341. The summed E-state index contributed by atoms with van der Waals surface area (Å²) >= 11 is 0. The van der Waals surface area contributed by atoms with Crippen LogP contribution < -0.4 is 5.73 Å². The Labute approximate surface area is 224 Å². The molecule has 0 bridgehead atoms. The molecule has 1 aliphatic heterocycles. The van der Waals surface area contributed by atoms with Crippen molar-refractivity contribution in [1.82, 2.24) is 14.5 Å². The average Bonchev–Trinajstić information content (AvgIpc) is 3.44. The number of benzene rings is 1. The molecule has 40 heavy (non-hydrogen) atoms. The minimum absolute atomic E-state index is 0.0120. The van der Waals surface area contributed by atoms with Crippen molar-refractivity contribution < 1.29 is 55.0 Å². The van der Waals surface area contributed by atoms with Crippen LogP contribution in [-0.2, 0) is 36.0 Å². The topological polar surface area (TPSA) is 131 Å². The Morgan fingerprint density at radius 3 is 2.45 bits per heavy atom. The van der Waals surface area contributed by atoms with E-state index in [1.165, 1.54) is 6.33 Å². The number of nitrogens with zero attached hydrogens (tertiary/aromatic N) is 3. The van der Waals surface area contributed by atoms with Crippen molar-refractivity contribution in [3.05, 3.63) is 53.5 Å². The first-order valence-corrected chi connectivity index (χ1v) is 12.5. The first kappa shape index (κ1) is 30.1. The maximum absolute atomic E-state index is 13.3. The number of fused-ring (bicyclic) bond motifs is 1. The number of hydrogen-bond acceptors (Lipinski definition) is 9. The molecule has 3 aromatic rings. The highest BCUT2D eigenvalue weighted by molar-refractivity contribution is 7.17. The van der Waals surface area contributed by atoms with Gasteiger partial charge in [-0.2, -0.15) is 26.3 Å². The zero-order chi connectivity index (χ0) is 29.2. The molecule has 0 spiro atoms. The van der Waals surface area contributed by atoms with Crippen LogP contribution in [0.5, 0.6) is 0 Å². The van der Waals surface area contributed by atoms with E-state index in [-0.39, 0.29) is 24.9 Å². The van der Waals surface area contributed by atoms with Crippen molar-refractivity contribution >= 4 is 25.5 Å². The Morgan fingerprint density at radius 2 is 1.82 bits per heavy atom. The van der Waals surface area contributed by atoms with E-state index in [1.54, 1.807) is 23.8 Å². The summed E-state index contributed by atoms with van der Waals surface area (Å²) in [4.78, 5) is 18.5. The molecule has 3 N–H and O–H groups in total. The number of aromatic nitrogens is 3. The highest BCUT2D eigenvalue weighted by atomic mass is 31.1. The van der Waals surface area contributed by atoms with Gasteiger partial charge in [-0.3, -0.25) is 4.52 Å². The van der Waals surface area contributed by atoms with Gasteiger partial charge in [0.2, 0.25) is 0 Å². The maximum Gasteiger partial charge on any atom is 0.416 e. The van der Waals surface area contributed by atoms with E-state index < -0.39 is 74.8 Å². The summed E-state index contributed by atoms with van der Waals surface area (Å²) in [5.41, 5.74) is 2.75. The number of rotatable bonds is 10. The molecule has 3 heterocycles. The SMILES string of the molecule is C[C@H]1[C@H](O)[C@@H](COO[C@@H](CCOP=O)c2cc(C(F)(F)F)cc(C(F)(F)F)c2)O[C@H]1n1ccc2c(N)ncnc21. The van der Waals surface area contributed by atoms with Crippen LogP contribution in [0.15, 0.2) is 36.8 Å². The zero-order valence-electron chi connectivity index (χ0n) is 20.6. The predicted molar refractivity (Wildman–Crippen MR) is 125 cm³/mol. The van der Waals surface area contributed by atoms with Crippen LogP contribution in [0.4, 0.5) is 32.2 Å². The number of hydrogen-bond donors (Lipinski definition) is 2. The molecule has 17 heteroatoms. The third-order valence-electron chi connectivity index (χ3n) is 6.42. The minimum atomic E-state index is -5.07. The van der Waals surface area contributed by atoms with Crippen LogP contribution in [0.25, 0.3) is 11.0 Å². The Hall–Kier alpha value is -2.88. The molecule has 0 radical (unpaired) electrons. The number of nitrogens with two attached hydrogens (primary N) is 1. The average molecular weight is 596 g/mol. The van der Waals surface area contributed by atoms with Crippen LogP contribution in [-0.4, -0.2) is 45.1 Å². The first-order valence-electron chi connectivity index (χ1n) is 11.7. The molecule has 0 unspecified atom stereocenters. The molecular formula is C23H23F6N4O6P. The lowest BCUT2D eigenvalue weighted by atomic mass is 9.99. The van der Waals surface area contributed by atoms with Crippen LogP contribution >= 0.6 is 8.69 Å². The Balaban J connectivity index is 1.50. The van der Waals surface area contributed by atoms with Gasteiger partial charge in [-0.25, -0.2) is 24.3 Å². The van der Waals surface area contributed by atoms with E-state index >= 15 is 0 Å². The first-order chi connectivity index (χ1) is 18.8. The summed E-state index contributed by atoms with van der Waals surface area (Å²) in [6.45, 7) is 0.931. The molecular weight excluding hydrogens is 573 g/mol. The molecule has 218 valence electrons. The summed E-state index contributed by atoms with van der Waals surface area (Å²) in [6, 6.07) is 2.67. The fourth-order valence-electron chi connectivity index (χ4n) is 4.36. The van der Waals surface area contributed by atoms with Gasteiger partial charge in [-0.05, 0) is 29.8 Å².